The summed E-state index contributed by atoms with van der Waals surface area (Å²) in [5, 5.41) is 14.7. The van der Waals surface area contributed by atoms with Gasteiger partial charge < -0.3 is 18.0 Å². The normalized spacial score (nSPS) is 13.8. The largest absolute Gasteiger partial charge is 0.507 e. The van der Waals surface area contributed by atoms with E-state index in [2.05, 4.69) is 215 Å². The zero-order chi connectivity index (χ0) is 49.4. The molecule has 1 heterocycles. The number of hydrogen-bond donors (Lipinski definition) is 1. The second-order valence-electron chi connectivity index (χ2n) is 26.1. The number of aromatic hydroxyl groups is 1. The maximum Gasteiger partial charge on any atom is 0.453 e. The molecule has 0 saturated heterocycles. The highest BCUT2D eigenvalue weighted by Gasteiger charge is 2.35. The van der Waals surface area contributed by atoms with Crippen LogP contribution in [0.15, 0.2) is 56.9 Å². The van der Waals surface area contributed by atoms with E-state index in [1.165, 1.54) is 27.8 Å². The van der Waals surface area contributed by atoms with Crippen LogP contribution in [-0.4, -0.2) is 5.11 Å². The third kappa shape index (κ3) is 10.4. The summed E-state index contributed by atoms with van der Waals surface area (Å²) in [6.07, 6.45) is 3.85. The Morgan fingerprint density at radius 2 is 0.738 bits per heavy atom. The zero-order valence-corrected chi connectivity index (χ0v) is 46.5. The highest BCUT2D eigenvalue weighted by molar-refractivity contribution is 7.32. The third-order valence-electron chi connectivity index (χ3n) is 15.4. The molecule has 0 unspecified atom stereocenters. The van der Waals surface area contributed by atoms with Gasteiger partial charge in [-0.05, 0) is 116 Å². The fourth-order valence-corrected chi connectivity index (χ4v) is 9.62. The highest BCUT2D eigenvalue weighted by atomic mass is 31.1. The lowest BCUT2D eigenvalue weighted by molar-refractivity contribution is 0.444. The molecular weight excluding hydrogens is 816 g/mol. The highest BCUT2D eigenvalue weighted by Crippen LogP contribution is 2.53. The van der Waals surface area contributed by atoms with E-state index in [-0.39, 0.29) is 49.1 Å². The number of fused-ring (bicyclic) bond motifs is 3. The monoisotopic (exact) mass is 905 g/mol. The van der Waals surface area contributed by atoms with E-state index in [9.17, 15) is 5.11 Å². The lowest BCUT2D eigenvalue weighted by Gasteiger charge is -2.31. The minimum absolute atomic E-state index is 0.0746. The number of phenolic OH excluding ortho intramolecular Hbond substituents is 1. The summed E-state index contributed by atoms with van der Waals surface area (Å²) in [7, 11) is -2.13. The minimum atomic E-state index is -2.13. The molecule has 0 spiro atoms. The Bertz CT molecular complexity index is 2500. The molecule has 358 valence electrons. The Morgan fingerprint density at radius 3 is 1.08 bits per heavy atom. The van der Waals surface area contributed by atoms with Crippen LogP contribution in [0, 0.1) is 0 Å². The topological polar surface area (TPSA) is 55.7 Å². The van der Waals surface area contributed by atoms with Crippen LogP contribution in [0.5, 0.6) is 11.5 Å². The van der Waals surface area contributed by atoms with Crippen molar-refractivity contribution in [1.82, 2.24) is 0 Å². The van der Waals surface area contributed by atoms with Gasteiger partial charge in [-0.25, -0.2) is 0 Å². The third-order valence-corrected chi connectivity index (χ3v) is 16.4. The van der Waals surface area contributed by atoms with Gasteiger partial charge in [0.15, 0.2) is 0 Å². The lowest BCUT2D eigenvalue weighted by Crippen LogP contribution is -2.21. The zero-order valence-electron chi connectivity index (χ0n) is 45.6. The summed E-state index contributed by atoms with van der Waals surface area (Å²) < 4.78 is 22.6. The molecule has 5 aromatic rings. The van der Waals surface area contributed by atoms with Gasteiger partial charge in [0.25, 0.3) is 0 Å². The summed E-state index contributed by atoms with van der Waals surface area (Å²) in [4.78, 5) is 0. The van der Waals surface area contributed by atoms with Crippen LogP contribution in [0.2, 0.25) is 0 Å². The van der Waals surface area contributed by atoms with Crippen LogP contribution in [0.25, 0.3) is 33.1 Å². The molecular formula is C60H89O4P. The Hall–Kier alpha value is -3.62. The van der Waals surface area contributed by atoms with Gasteiger partial charge in [-0.3, -0.25) is 0 Å². The van der Waals surface area contributed by atoms with Crippen LogP contribution in [0.1, 0.15) is 236 Å². The van der Waals surface area contributed by atoms with Crippen molar-refractivity contribution in [3.05, 3.63) is 93.0 Å². The number of benzene rings is 4. The van der Waals surface area contributed by atoms with Crippen molar-refractivity contribution in [2.75, 3.05) is 0 Å². The van der Waals surface area contributed by atoms with E-state index in [1.807, 2.05) is 0 Å². The number of phenols is 1. The average molecular weight is 905 g/mol. The van der Waals surface area contributed by atoms with Crippen molar-refractivity contribution in [1.29, 1.82) is 0 Å². The van der Waals surface area contributed by atoms with E-state index < -0.39 is 8.24 Å². The van der Waals surface area contributed by atoms with E-state index in [0.717, 1.165) is 75.4 Å². The van der Waals surface area contributed by atoms with Crippen molar-refractivity contribution >= 4 is 30.2 Å². The molecule has 4 nitrogen and oxygen atoms in total. The number of hydrogen-bond acceptors (Lipinski definition) is 4. The van der Waals surface area contributed by atoms with Gasteiger partial charge in [0.2, 0.25) is 0 Å². The first kappa shape index (κ1) is 52.4. The smallest absolute Gasteiger partial charge is 0.453 e. The first-order valence-corrected chi connectivity index (χ1v) is 25.8. The summed E-state index contributed by atoms with van der Waals surface area (Å²) in [6, 6.07) is 18.6. The fourth-order valence-electron chi connectivity index (χ4n) is 8.47. The van der Waals surface area contributed by atoms with Gasteiger partial charge in [-0.2, -0.15) is 0 Å². The van der Waals surface area contributed by atoms with E-state index in [4.69, 9.17) is 12.9 Å². The van der Waals surface area contributed by atoms with E-state index >= 15 is 0 Å². The van der Waals surface area contributed by atoms with Gasteiger partial charge >= 0.3 is 8.24 Å². The molecule has 0 aliphatic heterocycles. The summed E-state index contributed by atoms with van der Waals surface area (Å²) >= 11 is 0. The predicted octanol–water partition coefficient (Wildman–Crippen LogP) is 19.4. The van der Waals surface area contributed by atoms with Crippen molar-refractivity contribution < 1.29 is 18.0 Å². The van der Waals surface area contributed by atoms with Crippen molar-refractivity contribution in [2.24, 2.45) is 0 Å². The van der Waals surface area contributed by atoms with Gasteiger partial charge in [-0.15, -0.1) is 0 Å². The molecule has 0 aliphatic carbocycles. The molecule has 0 amide bonds. The maximum absolute atomic E-state index is 12.6. The molecule has 65 heavy (non-hydrogen) atoms. The van der Waals surface area contributed by atoms with Crippen molar-refractivity contribution in [3.8, 4) is 22.6 Å². The van der Waals surface area contributed by atoms with Crippen LogP contribution in [0.4, 0.5) is 0 Å². The average Bonchev–Trinajstić information content (AvgIpc) is 3.34. The summed E-state index contributed by atoms with van der Waals surface area (Å²) in [6.45, 7) is 54.7. The molecule has 0 bridgehead atoms. The Labute approximate surface area is 397 Å². The maximum atomic E-state index is 12.6. The SMILES string of the molecule is CCC(C)(C)c1cc(C(C)(C)CC)c2op(Oc3c(-c4cc(C(C)(C)C)cc(C(C)(C)C)c4O)cc(C(C)(C)C)cc3C(C)(C)C)oc3c(C(C)(C)CC)cc(C(C)(C)CC)cc3c2c1. The minimum Gasteiger partial charge on any atom is -0.507 e. The Morgan fingerprint density at radius 1 is 0.400 bits per heavy atom. The fraction of sp³-hybridized carbons (Fsp3) is 0.600. The van der Waals surface area contributed by atoms with Gasteiger partial charge in [-0.1, -0.05) is 190 Å². The van der Waals surface area contributed by atoms with Gasteiger partial charge in [0.1, 0.15) is 22.7 Å². The molecule has 1 aromatic heterocycles. The van der Waals surface area contributed by atoms with Gasteiger partial charge in [0.05, 0.1) is 0 Å². The van der Waals surface area contributed by atoms with Crippen LogP contribution in [-0.2, 0) is 43.3 Å². The van der Waals surface area contributed by atoms with E-state index in [1.54, 1.807) is 0 Å². The summed E-state index contributed by atoms with van der Waals surface area (Å²) in [5.74, 6) is 0.964. The van der Waals surface area contributed by atoms with Gasteiger partial charge in [0, 0.05) is 44.2 Å². The Balaban J connectivity index is 2.15. The quantitative estimate of drug-likeness (QED) is 0.143. The molecule has 4 aromatic carbocycles. The van der Waals surface area contributed by atoms with Crippen LogP contribution in [0.3, 0.4) is 0 Å². The molecule has 0 radical (unpaired) electrons. The predicted molar refractivity (Wildman–Crippen MR) is 284 cm³/mol. The van der Waals surface area contributed by atoms with Crippen molar-refractivity contribution in [2.45, 2.75) is 235 Å². The molecule has 0 atom stereocenters. The number of rotatable bonds is 11. The molecule has 0 aliphatic rings. The molecule has 1 N–H and O–H groups in total. The second kappa shape index (κ2) is 17.5. The Kier molecular flexibility index (Phi) is 14.1. The summed E-state index contributed by atoms with van der Waals surface area (Å²) in [5.41, 5.74) is 10.9. The lowest BCUT2D eigenvalue weighted by atomic mass is 9.74. The molecule has 5 rings (SSSR count). The molecule has 0 saturated carbocycles. The van der Waals surface area contributed by atoms with Crippen LogP contribution < -0.4 is 4.52 Å². The van der Waals surface area contributed by atoms with E-state index in [0.29, 0.717) is 5.75 Å². The first-order valence-electron chi connectivity index (χ1n) is 24.7. The standard InChI is InChI=1S/C60H89O4P/c1-25-57(17,18)39-31-43-44-32-40(58(19,20)26-2)36-48(60(23,24)28-4)52(44)64-65(63-51(43)47(35-39)59(21,22)27-3)62-50-42(30-38(54(8,9)10)34-46(50)56(14,15)16)41-29-37(53(5,6)7)33-45(49(41)61)55(11,12)13/h29-36,61H,25-28H2,1-24H3. The van der Waals surface area contributed by atoms with Crippen LogP contribution >= 0.6 is 8.24 Å². The molecule has 5 heteroatoms. The first-order chi connectivity index (χ1) is 29.4. The molecule has 0 fully saturated rings. The second-order valence-corrected chi connectivity index (χ2v) is 27.1. The van der Waals surface area contributed by atoms with Crippen molar-refractivity contribution in [3.63, 3.8) is 0 Å².